The second-order valence-electron chi connectivity index (χ2n) is 3.86. The van der Waals surface area contributed by atoms with Gasteiger partial charge in [-0.15, -0.1) is 0 Å². The molecule has 1 aromatic heterocycles. The van der Waals surface area contributed by atoms with Gasteiger partial charge in [-0.05, 0) is 40.5 Å². The van der Waals surface area contributed by atoms with Crippen LogP contribution in [0.4, 0.5) is 5.69 Å². The van der Waals surface area contributed by atoms with Crippen molar-refractivity contribution in [3.8, 4) is 11.5 Å². The maximum absolute atomic E-state index is 5.81. The van der Waals surface area contributed by atoms with Crippen LogP contribution in [-0.2, 0) is 6.42 Å². The van der Waals surface area contributed by atoms with E-state index in [0.717, 1.165) is 35.1 Å². The number of nitrogens with zero attached hydrogens (tertiary/aromatic N) is 2. The molecule has 0 atom stereocenters. The Kier molecular flexibility index (Phi) is 3.78. The number of halogens is 1. The predicted octanol–water partition coefficient (Wildman–Crippen LogP) is 3.42. The first-order valence-corrected chi connectivity index (χ1v) is 6.38. The second-order valence-corrected chi connectivity index (χ2v) is 4.71. The minimum absolute atomic E-state index is 0.523. The first-order chi connectivity index (χ1) is 8.20. The highest BCUT2D eigenvalue weighted by atomic mass is 79.9. The quantitative estimate of drug-likeness (QED) is 0.878. The molecule has 0 saturated heterocycles. The van der Waals surface area contributed by atoms with Gasteiger partial charge in [-0.1, -0.05) is 18.5 Å². The number of unbranched alkanes of at least 4 members (excludes halogenated alkanes) is 1. The van der Waals surface area contributed by atoms with E-state index in [2.05, 4.69) is 33.0 Å². The van der Waals surface area contributed by atoms with Crippen LogP contribution in [0, 0.1) is 0 Å². The number of nitrogen functional groups attached to an aromatic ring is 1. The lowest BCUT2D eigenvalue weighted by Gasteiger charge is -1.99. The molecule has 0 spiro atoms. The second kappa shape index (κ2) is 5.31. The summed E-state index contributed by atoms with van der Waals surface area (Å²) in [4.78, 5) is 4.34. The Morgan fingerprint density at radius 1 is 1.41 bits per heavy atom. The summed E-state index contributed by atoms with van der Waals surface area (Å²) in [6.45, 7) is 2.14. The molecule has 17 heavy (non-hydrogen) atoms. The van der Waals surface area contributed by atoms with Gasteiger partial charge in [0, 0.05) is 22.1 Å². The van der Waals surface area contributed by atoms with Gasteiger partial charge in [0.25, 0.3) is 5.89 Å². The molecule has 0 fully saturated rings. The highest BCUT2D eigenvalue weighted by Crippen LogP contribution is 2.26. The van der Waals surface area contributed by atoms with Crippen LogP contribution >= 0.6 is 15.9 Å². The minimum atomic E-state index is 0.523. The summed E-state index contributed by atoms with van der Waals surface area (Å²) in [6.07, 6.45) is 3.04. The molecule has 90 valence electrons. The minimum Gasteiger partial charge on any atom is -0.398 e. The van der Waals surface area contributed by atoms with Gasteiger partial charge in [-0.25, -0.2) is 0 Å². The van der Waals surface area contributed by atoms with E-state index in [1.165, 1.54) is 0 Å². The van der Waals surface area contributed by atoms with Crippen molar-refractivity contribution in [2.24, 2.45) is 0 Å². The smallest absolute Gasteiger partial charge is 0.257 e. The first kappa shape index (κ1) is 12.1. The van der Waals surface area contributed by atoms with Gasteiger partial charge in [0.1, 0.15) is 0 Å². The number of aromatic nitrogens is 2. The first-order valence-electron chi connectivity index (χ1n) is 5.58. The maximum atomic E-state index is 5.81. The van der Waals surface area contributed by atoms with E-state index in [1.807, 2.05) is 18.2 Å². The van der Waals surface area contributed by atoms with Crippen LogP contribution in [0.3, 0.4) is 0 Å². The molecule has 0 aliphatic rings. The summed E-state index contributed by atoms with van der Waals surface area (Å²) in [6, 6.07) is 5.60. The number of aryl methyl sites for hydroxylation is 1. The van der Waals surface area contributed by atoms with E-state index in [-0.39, 0.29) is 0 Å². The fourth-order valence-electron chi connectivity index (χ4n) is 1.48. The number of anilines is 1. The Morgan fingerprint density at radius 3 is 2.94 bits per heavy atom. The topological polar surface area (TPSA) is 64.9 Å². The molecule has 0 amide bonds. The van der Waals surface area contributed by atoms with Crippen molar-refractivity contribution in [1.82, 2.24) is 10.1 Å². The molecule has 0 radical (unpaired) electrons. The van der Waals surface area contributed by atoms with E-state index in [1.54, 1.807) is 0 Å². The molecule has 4 nitrogen and oxygen atoms in total. The average Bonchev–Trinajstić information content (AvgIpc) is 2.79. The third-order valence-electron chi connectivity index (χ3n) is 2.46. The van der Waals surface area contributed by atoms with Gasteiger partial charge in [-0.2, -0.15) is 4.98 Å². The number of nitrogens with two attached hydrogens (primary N) is 1. The van der Waals surface area contributed by atoms with Gasteiger partial charge in [-0.3, -0.25) is 0 Å². The Labute approximate surface area is 108 Å². The van der Waals surface area contributed by atoms with Crippen LogP contribution in [0.2, 0.25) is 0 Å². The molecular weight excluding hydrogens is 282 g/mol. The molecular formula is C12H14BrN3O. The molecule has 2 rings (SSSR count). The Hall–Kier alpha value is -1.36. The van der Waals surface area contributed by atoms with Crippen LogP contribution in [0.15, 0.2) is 27.2 Å². The molecule has 0 bridgehead atoms. The van der Waals surface area contributed by atoms with E-state index in [9.17, 15) is 0 Å². The Balaban J connectivity index is 2.21. The van der Waals surface area contributed by atoms with Crippen LogP contribution in [0.5, 0.6) is 0 Å². The summed E-state index contributed by atoms with van der Waals surface area (Å²) in [5, 5.41) is 3.94. The largest absolute Gasteiger partial charge is 0.398 e. The van der Waals surface area contributed by atoms with Gasteiger partial charge >= 0.3 is 0 Å². The third-order valence-corrected chi connectivity index (χ3v) is 3.19. The summed E-state index contributed by atoms with van der Waals surface area (Å²) in [5.74, 6) is 1.28. The van der Waals surface area contributed by atoms with Crippen molar-refractivity contribution in [2.45, 2.75) is 26.2 Å². The lowest BCUT2D eigenvalue weighted by Crippen LogP contribution is -1.89. The lowest BCUT2D eigenvalue weighted by molar-refractivity contribution is 0.421. The van der Waals surface area contributed by atoms with E-state index >= 15 is 0 Å². The zero-order chi connectivity index (χ0) is 12.3. The van der Waals surface area contributed by atoms with Crippen LogP contribution in [0.25, 0.3) is 11.5 Å². The van der Waals surface area contributed by atoms with Crippen LogP contribution in [-0.4, -0.2) is 10.1 Å². The van der Waals surface area contributed by atoms with Crippen LogP contribution < -0.4 is 5.73 Å². The van der Waals surface area contributed by atoms with Crippen LogP contribution in [0.1, 0.15) is 25.6 Å². The Bertz CT molecular complexity index is 510. The van der Waals surface area contributed by atoms with Gasteiger partial charge in [0.2, 0.25) is 0 Å². The summed E-state index contributed by atoms with van der Waals surface area (Å²) < 4.78 is 6.08. The van der Waals surface area contributed by atoms with Crippen molar-refractivity contribution in [1.29, 1.82) is 0 Å². The van der Waals surface area contributed by atoms with Crippen molar-refractivity contribution < 1.29 is 4.52 Å². The molecule has 5 heteroatoms. The predicted molar refractivity (Wildman–Crippen MR) is 70.5 cm³/mol. The van der Waals surface area contributed by atoms with Crippen molar-refractivity contribution >= 4 is 21.6 Å². The zero-order valence-electron chi connectivity index (χ0n) is 9.61. The van der Waals surface area contributed by atoms with E-state index in [4.69, 9.17) is 10.3 Å². The SMILES string of the molecule is CCCCc1noc(-c2ccc(Br)c(N)c2)n1. The molecule has 0 aliphatic heterocycles. The highest BCUT2D eigenvalue weighted by Gasteiger charge is 2.09. The number of benzene rings is 1. The standard InChI is InChI=1S/C12H14BrN3O/c1-2-3-4-11-15-12(17-16-11)8-5-6-9(13)10(14)7-8/h5-7H,2-4,14H2,1H3. The highest BCUT2D eigenvalue weighted by molar-refractivity contribution is 9.10. The van der Waals surface area contributed by atoms with Crippen molar-refractivity contribution in [2.75, 3.05) is 5.73 Å². The summed E-state index contributed by atoms with van der Waals surface area (Å²) in [7, 11) is 0. The van der Waals surface area contributed by atoms with Crippen molar-refractivity contribution in [3.05, 3.63) is 28.5 Å². The molecule has 0 aliphatic carbocycles. The molecule has 2 N–H and O–H groups in total. The summed E-state index contributed by atoms with van der Waals surface area (Å²) in [5.41, 5.74) is 7.32. The normalized spacial score (nSPS) is 10.7. The summed E-state index contributed by atoms with van der Waals surface area (Å²) >= 11 is 3.35. The fraction of sp³-hybridized carbons (Fsp3) is 0.333. The molecule has 1 heterocycles. The van der Waals surface area contributed by atoms with E-state index < -0.39 is 0 Å². The zero-order valence-corrected chi connectivity index (χ0v) is 11.2. The maximum Gasteiger partial charge on any atom is 0.257 e. The number of hydrogen-bond acceptors (Lipinski definition) is 4. The lowest BCUT2D eigenvalue weighted by atomic mass is 10.2. The number of hydrogen-bond donors (Lipinski definition) is 1. The third kappa shape index (κ3) is 2.85. The molecule has 1 aromatic carbocycles. The molecule has 0 unspecified atom stereocenters. The fourth-order valence-corrected chi connectivity index (χ4v) is 1.73. The van der Waals surface area contributed by atoms with Gasteiger partial charge < -0.3 is 10.3 Å². The molecule has 2 aromatic rings. The Morgan fingerprint density at radius 2 is 2.24 bits per heavy atom. The van der Waals surface area contributed by atoms with Crippen molar-refractivity contribution in [3.63, 3.8) is 0 Å². The molecule has 0 saturated carbocycles. The van der Waals surface area contributed by atoms with E-state index in [0.29, 0.717) is 11.6 Å². The number of rotatable bonds is 4. The van der Waals surface area contributed by atoms with Gasteiger partial charge in [0.15, 0.2) is 5.82 Å². The monoisotopic (exact) mass is 295 g/mol. The van der Waals surface area contributed by atoms with Gasteiger partial charge in [0.05, 0.1) is 0 Å². The average molecular weight is 296 g/mol.